The lowest BCUT2D eigenvalue weighted by Crippen LogP contribution is -2.55. The second-order valence-corrected chi connectivity index (χ2v) is 9.87. The summed E-state index contributed by atoms with van der Waals surface area (Å²) in [6, 6.07) is 4.97. The van der Waals surface area contributed by atoms with Crippen LogP contribution in [0, 0.1) is 0 Å². The molecule has 1 atom stereocenters. The summed E-state index contributed by atoms with van der Waals surface area (Å²) in [5.74, 6) is -0.301. The van der Waals surface area contributed by atoms with E-state index in [2.05, 4.69) is 5.32 Å². The number of amides is 2. The van der Waals surface area contributed by atoms with E-state index >= 15 is 0 Å². The van der Waals surface area contributed by atoms with Crippen molar-refractivity contribution < 1.29 is 24.0 Å². The Morgan fingerprint density at radius 2 is 1.79 bits per heavy atom. The van der Waals surface area contributed by atoms with Gasteiger partial charge in [0, 0.05) is 11.2 Å². The monoisotopic (exact) mass is 402 g/mol. The van der Waals surface area contributed by atoms with E-state index in [4.69, 9.17) is 9.31 Å². The maximum atomic E-state index is 12.8. The maximum absolute atomic E-state index is 12.8. The summed E-state index contributed by atoms with van der Waals surface area (Å²) in [5.41, 5.74) is 1.00. The topological polar surface area (TPSA) is 88.1 Å². The van der Waals surface area contributed by atoms with Crippen LogP contribution >= 0.6 is 0 Å². The standard InChI is InChI=1S/C21H31BN2O5/c1-19(2,3)24(18(26)27)16-11-8-13-12-14(9-10-15(13)23-17(16)25)22-28-20(4,5)21(6,7)29-22/h9-10,12,16H,8,11H2,1-7H3,(H,23,25)(H,26,27)/t16-/m0/s1. The van der Waals surface area contributed by atoms with Crippen molar-refractivity contribution in [2.24, 2.45) is 0 Å². The SMILES string of the molecule is CC(C)(C)N(C(=O)O)[C@H]1CCc2cc(B3OC(C)(C)C(C)(C)O3)ccc2NC1=O. The van der Waals surface area contributed by atoms with Crippen LogP contribution in [0.3, 0.4) is 0 Å². The smallest absolute Gasteiger partial charge is 0.465 e. The number of hydrogen-bond acceptors (Lipinski definition) is 4. The third-order valence-corrected chi connectivity index (χ3v) is 6.14. The van der Waals surface area contributed by atoms with Crippen molar-refractivity contribution in [3.05, 3.63) is 23.8 Å². The zero-order valence-electron chi connectivity index (χ0n) is 18.3. The molecule has 0 unspecified atom stereocenters. The summed E-state index contributed by atoms with van der Waals surface area (Å²) in [4.78, 5) is 25.9. The molecule has 0 radical (unpaired) electrons. The van der Waals surface area contributed by atoms with Gasteiger partial charge in [0.05, 0.1) is 11.2 Å². The number of benzene rings is 1. The van der Waals surface area contributed by atoms with Crippen LogP contribution in [0.2, 0.25) is 0 Å². The van der Waals surface area contributed by atoms with Gasteiger partial charge in [0.25, 0.3) is 0 Å². The van der Waals surface area contributed by atoms with E-state index in [0.29, 0.717) is 18.5 Å². The highest BCUT2D eigenvalue weighted by molar-refractivity contribution is 6.62. The van der Waals surface area contributed by atoms with Crippen molar-refractivity contribution in [3.63, 3.8) is 0 Å². The van der Waals surface area contributed by atoms with Gasteiger partial charge < -0.3 is 19.7 Å². The molecule has 2 aliphatic rings. The zero-order valence-corrected chi connectivity index (χ0v) is 18.3. The van der Waals surface area contributed by atoms with Crippen molar-refractivity contribution >= 4 is 30.3 Å². The van der Waals surface area contributed by atoms with Gasteiger partial charge in [0.1, 0.15) is 6.04 Å². The first kappa shape index (κ1) is 21.6. The van der Waals surface area contributed by atoms with Crippen LogP contribution in [0.5, 0.6) is 0 Å². The number of anilines is 1. The molecule has 1 aromatic carbocycles. The number of carboxylic acid groups (broad SMARTS) is 1. The summed E-state index contributed by atoms with van der Waals surface area (Å²) in [7, 11) is -0.481. The Balaban J connectivity index is 1.86. The quantitative estimate of drug-likeness (QED) is 0.743. The predicted octanol–water partition coefficient (Wildman–Crippen LogP) is 3.02. The fraction of sp³-hybridized carbons (Fsp3) is 0.619. The molecule has 2 amide bonds. The minimum Gasteiger partial charge on any atom is -0.465 e. The van der Waals surface area contributed by atoms with Crippen LogP contribution in [-0.4, -0.2) is 51.9 Å². The first-order valence-corrected chi connectivity index (χ1v) is 10.0. The molecule has 0 bridgehead atoms. The molecule has 7 nitrogen and oxygen atoms in total. The van der Waals surface area contributed by atoms with Gasteiger partial charge in [-0.15, -0.1) is 0 Å². The van der Waals surface area contributed by atoms with Gasteiger partial charge in [0.15, 0.2) is 0 Å². The van der Waals surface area contributed by atoms with E-state index < -0.39 is 36.0 Å². The molecule has 0 saturated carbocycles. The average Bonchev–Trinajstić information content (AvgIpc) is 2.68. The second-order valence-electron chi connectivity index (χ2n) is 9.87. The number of carbonyl (C=O) groups excluding carboxylic acids is 1. The molecular formula is C21H31BN2O5. The first-order valence-electron chi connectivity index (χ1n) is 10.0. The highest BCUT2D eigenvalue weighted by Gasteiger charge is 2.51. The molecule has 2 aliphatic heterocycles. The van der Waals surface area contributed by atoms with Crippen LogP contribution in [0.15, 0.2) is 18.2 Å². The maximum Gasteiger partial charge on any atom is 0.494 e. The van der Waals surface area contributed by atoms with Crippen LogP contribution in [0.1, 0.15) is 60.5 Å². The van der Waals surface area contributed by atoms with Crippen molar-refractivity contribution in [1.82, 2.24) is 4.90 Å². The van der Waals surface area contributed by atoms with Gasteiger partial charge >= 0.3 is 13.2 Å². The van der Waals surface area contributed by atoms with E-state index in [0.717, 1.165) is 11.0 Å². The van der Waals surface area contributed by atoms with Crippen molar-refractivity contribution in [2.75, 3.05) is 5.32 Å². The minimum atomic E-state index is -1.10. The first-order chi connectivity index (χ1) is 13.2. The van der Waals surface area contributed by atoms with Crippen LogP contribution in [0.25, 0.3) is 0 Å². The normalized spacial score (nSPS) is 23.2. The number of nitrogens with zero attached hydrogens (tertiary/aromatic N) is 1. The van der Waals surface area contributed by atoms with E-state index in [-0.39, 0.29) is 5.91 Å². The van der Waals surface area contributed by atoms with Crippen molar-refractivity contribution in [2.45, 2.75) is 84.1 Å². The molecule has 0 spiro atoms. The summed E-state index contributed by atoms with van der Waals surface area (Å²) in [5, 5.41) is 12.6. The molecule has 0 aliphatic carbocycles. The van der Waals surface area contributed by atoms with Gasteiger partial charge in [-0.3, -0.25) is 9.69 Å². The Hall–Kier alpha value is -2.06. The molecule has 2 heterocycles. The number of aryl methyl sites for hydroxylation is 1. The van der Waals surface area contributed by atoms with Crippen molar-refractivity contribution in [1.29, 1.82) is 0 Å². The number of rotatable bonds is 2. The molecule has 1 fully saturated rings. The number of nitrogens with one attached hydrogen (secondary N) is 1. The molecule has 2 N–H and O–H groups in total. The molecular weight excluding hydrogens is 371 g/mol. The Morgan fingerprint density at radius 3 is 2.31 bits per heavy atom. The van der Waals surface area contributed by atoms with E-state index in [9.17, 15) is 14.7 Å². The Labute approximate surface area is 172 Å². The lowest BCUT2D eigenvalue weighted by atomic mass is 9.78. The van der Waals surface area contributed by atoms with Crippen LogP contribution < -0.4 is 10.8 Å². The van der Waals surface area contributed by atoms with Crippen LogP contribution in [-0.2, 0) is 20.5 Å². The van der Waals surface area contributed by atoms with Gasteiger partial charge in [-0.2, -0.15) is 0 Å². The molecule has 3 rings (SSSR count). The third kappa shape index (κ3) is 4.01. The summed E-state index contributed by atoms with van der Waals surface area (Å²) in [6.07, 6.45) is -0.109. The number of carbonyl (C=O) groups is 2. The van der Waals surface area contributed by atoms with E-state index in [1.807, 2.05) is 45.9 Å². The van der Waals surface area contributed by atoms with Gasteiger partial charge in [0.2, 0.25) is 5.91 Å². The fourth-order valence-electron chi connectivity index (χ4n) is 3.84. The molecule has 0 aromatic heterocycles. The predicted molar refractivity (Wildman–Crippen MR) is 113 cm³/mol. The lowest BCUT2D eigenvalue weighted by Gasteiger charge is -2.38. The lowest BCUT2D eigenvalue weighted by molar-refractivity contribution is -0.122. The molecule has 158 valence electrons. The minimum absolute atomic E-state index is 0.301. The average molecular weight is 402 g/mol. The van der Waals surface area contributed by atoms with E-state index in [1.54, 1.807) is 20.8 Å². The summed E-state index contributed by atoms with van der Waals surface area (Å²) < 4.78 is 12.3. The molecule has 8 heteroatoms. The molecule has 29 heavy (non-hydrogen) atoms. The number of hydrogen-bond donors (Lipinski definition) is 2. The Bertz CT molecular complexity index is 815. The van der Waals surface area contributed by atoms with Crippen molar-refractivity contribution in [3.8, 4) is 0 Å². The zero-order chi connectivity index (χ0) is 21.8. The van der Waals surface area contributed by atoms with Gasteiger partial charge in [-0.25, -0.2) is 4.79 Å². The Morgan fingerprint density at radius 1 is 1.21 bits per heavy atom. The number of fused-ring (bicyclic) bond motifs is 1. The highest BCUT2D eigenvalue weighted by Crippen LogP contribution is 2.37. The largest absolute Gasteiger partial charge is 0.494 e. The summed E-state index contributed by atoms with van der Waals surface area (Å²) in [6.45, 7) is 13.4. The molecule has 1 saturated heterocycles. The van der Waals surface area contributed by atoms with Gasteiger partial charge in [-0.05, 0) is 78.4 Å². The second kappa shape index (κ2) is 7.02. The Kier molecular flexibility index (Phi) is 5.24. The third-order valence-electron chi connectivity index (χ3n) is 6.14. The fourth-order valence-corrected chi connectivity index (χ4v) is 3.84. The van der Waals surface area contributed by atoms with E-state index in [1.165, 1.54) is 4.90 Å². The van der Waals surface area contributed by atoms with Gasteiger partial charge in [-0.1, -0.05) is 12.1 Å². The highest BCUT2D eigenvalue weighted by atomic mass is 16.7. The summed E-state index contributed by atoms with van der Waals surface area (Å²) >= 11 is 0. The molecule has 1 aromatic rings. The van der Waals surface area contributed by atoms with Crippen LogP contribution in [0.4, 0.5) is 10.5 Å².